The topological polar surface area (TPSA) is 57.5 Å². The molecular formula is C18H24O3. The molecule has 0 saturated carbocycles. The van der Waals surface area contributed by atoms with Crippen LogP contribution in [-0.2, 0) is 4.79 Å². The summed E-state index contributed by atoms with van der Waals surface area (Å²) in [7, 11) is 0. The Morgan fingerprint density at radius 3 is 2.14 bits per heavy atom. The fraction of sp³-hybridized carbons (Fsp3) is 0.500. The molecule has 0 heterocycles. The molecule has 2 rings (SSSR count). The molecule has 0 saturated heterocycles. The Kier molecular flexibility index (Phi) is 4.52. The number of rotatable bonds is 3. The standard InChI is InChI=1S/C18H24O3/c1-10-9-11(2)13(4)16(12(10)3)17(19)14-7-5-6-8-15(14)18(20)21/h5-6,9,14-15,17,19H,7-8H2,1-4H3,(H,20,21). The van der Waals surface area contributed by atoms with E-state index in [1.807, 2.05) is 39.8 Å². The fourth-order valence-electron chi connectivity index (χ4n) is 3.37. The number of carboxylic acid groups (broad SMARTS) is 1. The van der Waals surface area contributed by atoms with Crippen LogP contribution in [0.1, 0.15) is 46.8 Å². The van der Waals surface area contributed by atoms with Crippen molar-refractivity contribution in [2.75, 3.05) is 0 Å². The predicted molar refractivity (Wildman–Crippen MR) is 83.3 cm³/mol. The van der Waals surface area contributed by atoms with Gasteiger partial charge in [0.1, 0.15) is 0 Å². The number of carboxylic acids is 1. The van der Waals surface area contributed by atoms with Crippen molar-refractivity contribution in [2.24, 2.45) is 11.8 Å². The average molecular weight is 288 g/mol. The van der Waals surface area contributed by atoms with Crippen molar-refractivity contribution in [3.8, 4) is 0 Å². The fourth-order valence-corrected chi connectivity index (χ4v) is 3.37. The molecule has 0 aliphatic heterocycles. The Morgan fingerprint density at radius 1 is 1.10 bits per heavy atom. The van der Waals surface area contributed by atoms with E-state index in [2.05, 4.69) is 6.07 Å². The van der Waals surface area contributed by atoms with Crippen LogP contribution in [0.4, 0.5) is 0 Å². The molecule has 0 fully saturated rings. The van der Waals surface area contributed by atoms with Crippen molar-refractivity contribution in [1.82, 2.24) is 0 Å². The highest BCUT2D eigenvalue weighted by molar-refractivity contribution is 5.71. The van der Waals surface area contributed by atoms with Crippen LogP contribution in [0.15, 0.2) is 18.2 Å². The maximum absolute atomic E-state index is 11.5. The van der Waals surface area contributed by atoms with Gasteiger partial charge in [-0.1, -0.05) is 18.2 Å². The molecule has 3 atom stereocenters. The van der Waals surface area contributed by atoms with Gasteiger partial charge in [-0.2, -0.15) is 0 Å². The number of aliphatic hydroxyl groups excluding tert-OH is 1. The summed E-state index contributed by atoms with van der Waals surface area (Å²) in [5, 5.41) is 20.3. The minimum atomic E-state index is -0.817. The third-order valence-corrected chi connectivity index (χ3v) is 4.92. The van der Waals surface area contributed by atoms with E-state index in [9.17, 15) is 15.0 Å². The highest BCUT2D eigenvalue weighted by atomic mass is 16.4. The van der Waals surface area contributed by atoms with E-state index >= 15 is 0 Å². The van der Waals surface area contributed by atoms with E-state index in [4.69, 9.17) is 0 Å². The molecule has 0 spiro atoms. The first-order valence-corrected chi connectivity index (χ1v) is 7.47. The summed E-state index contributed by atoms with van der Waals surface area (Å²) in [5.41, 5.74) is 5.35. The summed E-state index contributed by atoms with van der Waals surface area (Å²) >= 11 is 0. The molecule has 0 amide bonds. The zero-order valence-corrected chi connectivity index (χ0v) is 13.2. The highest BCUT2D eigenvalue weighted by Gasteiger charge is 2.35. The highest BCUT2D eigenvalue weighted by Crippen LogP contribution is 2.39. The van der Waals surface area contributed by atoms with Gasteiger partial charge in [0.25, 0.3) is 0 Å². The number of aliphatic carboxylic acids is 1. The van der Waals surface area contributed by atoms with E-state index in [-0.39, 0.29) is 5.92 Å². The Bertz CT molecular complexity index is 560. The lowest BCUT2D eigenvalue weighted by Gasteiger charge is -2.32. The molecule has 21 heavy (non-hydrogen) atoms. The van der Waals surface area contributed by atoms with Gasteiger partial charge in [0.15, 0.2) is 0 Å². The van der Waals surface area contributed by atoms with Crippen molar-refractivity contribution < 1.29 is 15.0 Å². The van der Waals surface area contributed by atoms with Crippen LogP contribution in [-0.4, -0.2) is 16.2 Å². The van der Waals surface area contributed by atoms with Gasteiger partial charge in [-0.05, 0) is 68.4 Å². The molecular weight excluding hydrogens is 264 g/mol. The Hall–Kier alpha value is -1.61. The van der Waals surface area contributed by atoms with Crippen LogP contribution in [0.25, 0.3) is 0 Å². The normalized spacial score (nSPS) is 23.1. The minimum Gasteiger partial charge on any atom is -0.481 e. The van der Waals surface area contributed by atoms with E-state index in [0.29, 0.717) is 12.8 Å². The molecule has 1 aromatic carbocycles. The maximum atomic E-state index is 11.5. The van der Waals surface area contributed by atoms with Gasteiger partial charge < -0.3 is 10.2 Å². The molecule has 0 bridgehead atoms. The van der Waals surface area contributed by atoms with Crippen LogP contribution in [0, 0.1) is 39.5 Å². The molecule has 2 N–H and O–H groups in total. The van der Waals surface area contributed by atoms with Gasteiger partial charge in [-0.15, -0.1) is 0 Å². The van der Waals surface area contributed by atoms with E-state index in [1.165, 1.54) is 0 Å². The van der Waals surface area contributed by atoms with Gasteiger partial charge in [-0.25, -0.2) is 0 Å². The predicted octanol–water partition coefficient (Wildman–Crippen LogP) is 3.62. The first-order valence-electron chi connectivity index (χ1n) is 7.47. The van der Waals surface area contributed by atoms with E-state index < -0.39 is 18.0 Å². The van der Waals surface area contributed by atoms with Crippen LogP contribution >= 0.6 is 0 Å². The smallest absolute Gasteiger partial charge is 0.307 e. The Balaban J connectivity index is 2.46. The Labute approximate surface area is 126 Å². The van der Waals surface area contributed by atoms with Crippen LogP contribution < -0.4 is 0 Å². The summed E-state index contributed by atoms with van der Waals surface area (Å²) < 4.78 is 0. The van der Waals surface area contributed by atoms with Crippen molar-refractivity contribution in [3.63, 3.8) is 0 Å². The molecule has 1 aliphatic carbocycles. The van der Waals surface area contributed by atoms with Crippen LogP contribution in [0.5, 0.6) is 0 Å². The quantitative estimate of drug-likeness (QED) is 0.835. The van der Waals surface area contributed by atoms with E-state index in [1.54, 1.807) is 0 Å². The molecule has 1 aliphatic rings. The van der Waals surface area contributed by atoms with Crippen molar-refractivity contribution >= 4 is 5.97 Å². The number of carbonyl (C=O) groups is 1. The first-order chi connectivity index (χ1) is 9.84. The summed E-state index contributed by atoms with van der Waals surface area (Å²) in [6.45, 7) is 8.09. The van der Waals surface area contributed by atoms with Crippen molar-refractivity contribution in [2.45, 2.75) is 46.6 Å². The Morgan fingerprint density at radius 2 is 1.62 bits per heavy atom. The average Bonchev–Trinajstić information content (AvgIpc) is 2.45. The van der Waals surface area contributed by atoms with Gasteiger partial charge in [0.2, 0.25) is 0 Å². The number of aliphatic hydroxyl groups is 1. The van der Waals surface area contributed by atoms with E-state index in [0.717, 1.165) is 27.8 Å². The molecule has 0 aromatic heterocycles. The third-order valence-electron chi connectivity index (χ3n) is 4.92. The first kappa shape index (κ1) is 15.8. The van der Waals surface area contributed by atoms with Crippen LogP contribution in [0.2, 0.25) is 0 Å². The second kappa shape index (κ2) is 6.02. The zero-order chi connectivity index (χ0) is 15.7. The second-order valence-corrected chi connectivity index (χ2v) is 6.17. The third kappa shape index (κ3) is 2.88. The summed E-state index contributed by atoms with van der Waals surface area (Å²) in [6.07, 6.45) is 4.28. The minimum absolute atomic E-state index is 0.258. The molecule has 3 unspecified atom stereocenters. The van der Waals surface area contributed by atoms with Crippen molar-refractivity contribution in [3.05, 3.63) is 46.0 Å². The van der Waals surface area contributed by atoms with Gasteiger partial charge >= 0.3 is 5.97 Å². The molecule has 114 valence electrons. The zero-order valence-electron chi connectivity index (χ0n) is 13.2. The molecule has 3 nitrogen and oxygen atoms in total. The van der Waals surface area contributed by atoms with Gasteiger partial charge in [0, 0.05) is 5.92 Å². The SMILES string of the molecule is Cc1cc(C)c(C)c(C(O)C2CC=CCC2C(=O)O)c1C. The lowest BCUT2D eigenvalue weighted by atomic mass is 9.75. The number of hydrogen-bond acceptors (Lipinski definition) is 2. The second-order valence-electron chi connectivity index (χ2n) is 6.17. The number of hydrogen-bond donors (Lipinski definition) is 2. The molecule has 1 aromatic rings. The summed E-state index contributed by atoms with van der Waals surface area (Å²) in [4.78, 5) is 11.5. The monoisotopic (exact) mass is 288 g/mol. The number of benzene rings is 1. The maximum Gasteiger partial charge on any atom is 0.307 e. The van der Waals surface area contributed by atoms with Gasteiger partial charge in [-0.3, -0.25) is 4.79 Å². The van der Waals surface area contributed by atoms with Gasteiger partial charge in [0.05, 0.1) is 12.0 Å². The van der Waals surface area contributed by atoms with Crippen molar-refractivity contribution in [1.29, 1.82) is 0 Å². The lowest BCUT2D eigenvalue weighted by Crippen LogP contribution is -2.30. The number of allylic oxidation sites excluding steroid dienone is 2. The molecule has 3 heteroatoms. The van der Waals surface area contributed by atoms with Crippen LogP contribution in [0.3, 0.4) is 0 Å². The largest absolute Gasteiger partial charge is 0.481 e. The summed E-state index contributed by atoms with van der Waals surface area (Å²) in [6, 6.07) is 2.12. The lowest BCUT2D eigenvalue weighted by molar-refractivity contribution is -0.145. The molecule has 0 radical (unpaired) electrons. The number of aryl methyl sites for hydroxylation is 2. The summed E-state index contributed by atoms with van der Waals surface area (Å²) in [5.74, 6) is -1.58.